The van der Waals surface area contributed by atoms with E-state index in [-0.39, 0.29) is 12.7 Å². The van der Waals surface area contributed by atoms with Crippen LogP contribution in [0, 0.1) is 0 Å². The first-order chi connectivity index (χ1) is 12.9. The molecule has 0 radical (unpaired) electrons. The quantitative estimate of drug-likeness (QED) is 0.574. The Morgan fingerprint density at radius 1 is 1.22 bits per heavy atom. The Bertz CT molecular complexity index is 742. The van der Waals surface area contributed by atoms with E-state index in [0.29, 0.717) is 17.9 Å². The van der Waals surface area contributed by atoms with E-state index >= 15 is 0 Å². The van der Waals surface area contributed by atoms with E-state index in [2.05, 4.69) is 4.74 Å². The first-order valence-electron chi connectivity index (χ1n) is 8.70. The Morgan fingerprint density at radius 3 is 2.70 bits per heavy atom. The summed E-state index contributed by atoms with van der Waals surface area (Å²) in [5.74, 6) is -0.109. The Labute approximate surface area is 157 Å². The normalized spacial score (nSPS) is 15.0. The standard InChI is InChI=1S/C19H23NO7/c1-4-24-15-10-14-8-12(3)27-16(14)9-13(15)6-7-18(22)26-11-17(21)20-19(23)25-5-2/h6-7,9-10,12H,4-5,8,11H2,1-3H3,(H,20,21,23)/b7-6+/t12-/m1/s1. The van der Waals surface area contributed by atoms with Gasteiger partial charge in [-0.1, -0.05) is 0 Å². The first kappa shape index (κ1) is 20.3. The molecule has 2 rings (SSSR count). The van der Waals surface area contributed by atoms with Crippen LogP contribution in [0.25, 0.3) is 6.08 Å². The third-order valence-corrected chi connectivity index (χ3v) is 3.59. The van der Waals surface area contributed by atoms with Gasteiger partial charge in [0.05, 0.1) is 13.2 Å². The SMILES string of the molecule is CCOC(=O)NC(=O)COC(=O)/C=C/c1cc2c(cc1OCC)C[C@@H](C)O2. The minimum atomic E-state index is -0.886. The number of hydrogen-bond donors (Lipinski definition) is 1. The van der Waals surface area contributed by atoms with Gasteiger partial charge in [0, 0.05) is 23.6 Å². The lowest BCUT2D eigenvalue weighted by molar-refractivity contribution is -0.143. The van der Waals surface area contributed by atoms with E-state index < -0.39 is 24.6 Å². The maximum Gasteiger partial charge on any atom is 0.413 e. The average molecular weight is 377 g/mol. The van der Waals surface area contributed by atoms with Crippen LogP contribution in [0.15, 0.2) is 18.2 Å². The van der Waals surface area contributed by atoms with Crippen LogP contribution in [0.4, 0.5) is 4.79 Å². The molecule has 1 N–H and O–H groups in total. The van der Waals surface area contributed by atoms with Crippen molar-refractivity contribution in [2.75, 3.05) is 19.8 Å². The Kier molecular flexibility index (Phi) is 7.22. The zero-order valence-electron chi connectivity index (χ0n) is 15.6. The summed E-state index contributed by atoms with van der Waals surface area (Å²) >= 11 is 0. The Morgan fingerprint density at radius 2 is 2.00 bits per heavy atom. The number of imide groups is 1. The van der Waals surface area contributed by atoms with Crippen LogP contribution >= 0.6 is 0 Å². The van der Waals surface area contributed by atoms with E-state index in [9.17, 15) is 14.4 Å². The predicted octanol–water partition coefficient (Wildman–Crippen LogP) is 2.24. The molecule has 0 aromatic heterocycles. The lowest BCUT2D eigenvalue weighted by Gasteiger charge is -2.10. The van der Waals surface area contributed by atoms with Gasteiger partial charge in [0.25, 0.3) is 5.91 Å². The van der Waals surface area contributed by atoms with Gasteiger partial charge >= 0.3 is 12.1 Å². The molecule has 1 atom stereocenters. The van der Waals surface area contributed by atoms with Gasteiger partial charge in [-0.25, -0.2) is 9.59 Å². The van der Waals surface area contributed by atoms with Crippen molar-refractivity contribution in [3.63, 3.8) is 0 Å². The van der Waals surface area contributed by atoms with Crippen molar-refractivity contribution in [3.05, 3.63) is 29.3 Å². The Hall–Kier alpha value is -3.03. The van der Waals surface area contributed by atoms with Gasteiger partial charge in [-0.15, -0.1) is 0 Å². The number of nitrogens with one attached hydrogen (secondary N) is 1. The number of carbonyl (C=O) groups excluding carboxylic acids is 3. The van der Waals surface area contributed by atoms with Gasteiger partial charge in [-0.05, 0) is 39.0 Å². The number of hydrogen-bond acceptors (Lipinski definition) is 7. The fourth-order valence-corrected chi connectivity index (χ4v) is 2.53. The topological polar surface area (TPSA) is 100 Å². The number of esters is 1. The summed E-state index contributed by atoms with van der Waals surface area (Å²) in [7, 11) is 0. The highest BCUT2D eigenvalue weighted by molar-refractivity contribution is 5.94. The number of carbonyl (C=O) groups is 3. The van der Waals surface area contributed by atoms with Crippen LogP contribution in [-0.2, 0) is 25.5 Å². The lowest BCUT2D eigenvalue weighted by atomic mass is 10.1. The van der Waals surface area contributed by atoms with Gasteiger partial charge in [-0.3, -0.25) is 10.1 Å². The third-order valence-electron chi connectivity index (χ3n) is 3.59. The lowest BCUT2D eigenvalue weighted by Crippen LogP contribution is -2.34. The van der Waals surface area contributed by atoms with E-state index in [0.717, 1.165) is 17.7 Å². The molecule has 0 spiro atoms. The molecule has 27 heavy (non-hydrogen) atoms. The number of fused-ring (bicyclic) bond motifs is 1. The molecule has 0 unspecified atom stereocenters. The molecule has 1 aromatic carbocycles. The Balaban J connectivity index is 1.96. The summed E-state index contributed by atoms with van der Waals surface area (Å²) in [4.78, 5) is 34.4. The summed E-state index contributed by atoms with van der Waals surface area (Å²) in [6.07, 6.45) is 2.72. The number of benzene rings is 1. The molecule has 0 saturated carbocycles. The van der Waals surface area contributed by atoms with E-state index in [4.69, 9.17) is 14.2 Å². The highest BCUT2D eigenvalue weighted by Gasteiger charge is 2.21. The summed E-state index contributed by atoms with van der Waals surface area (Å²) in [5.41, 5.74) is 1.72. The van der Waals surface area contributed by atoms with Gasteiger partial charge in [-0.2, -0.15) is 0 Å². The fourth-order valence-electron chi connectivity index (χ4n) is 2.53. The molecule has 1 aromatic rings. The van der Waals surface area contributed by atoms with Gasteiger partial charge in [0.15, 0.2) is 6.61 Å². The molecule has 2 amide bonds. The number of alkyl carbamates (subject to hydrolysis) is 1. The second-order valence-corrected chi connectivity index (χ2v) is 5.77. The van der Waals surface area contributed by atoms with Crippen LogP contribution in [0.5, 0.6) is 11.5 Å². The van der Waals surface area contributed by atoms with Crippen LogP contribution in [0.3, 0.4) is 0 Å². The molecule has 0 saturated heterocycles. The molecule has 0 bridgehead atoms. The molecule has 8 heteroatoms. The molecule has 0 aliphatic carbocycles. The van der Waals surface area contributed by atoms with Crippen molar-refractivity contribution in [2.24, 2.45) is 0 Å². The largest absolute Gasteiger partial charge is 0.493 e. The van der Waals surface area contributed by atoms with Crippen LogP contribution in [0.1, 0.15) is 31.9 Å². The van der Waals surface area contributed by atoms with Crippen LogP contribution in [-0.4, -0.2) is 43.9 Å². The maximum absolute atomic E-state index is 11.8. The van der Waals surface area contributed by atoms with Crippen LogP contribution < -0.4 is 14.8 Å². The molecule has 1 aliphatic heterocycles. The molecule has 1 aliphatic rings. The second kappa shape index (κ2) is 9.61. The summed E-state index contributed by atoms with van der Waals surface area (Å²) in [6, 6.07) is 3.71. The monoisotopic (exact) mass is 377 g/mol. The number of ether oxygens (including phenoxy) is 4. The average Bonchev–Trinajstić information content (AvgIpc) is 2.97. The molecule has 0 fully saturated rings. The summed E-state index contributed by atoms with van der Waals surface area (Å²) in [5, 5.41) is 1.93. The summed E-state index contributed by atoms with van der Waals surface area (Å²) < 4.78 is 20.7. The maximum atomic E-state index is 11.8. The first-order valence-corrected chi connectivity index (χ1v) is 8.70. The molecule has 8 nitrogen and oxygen atoms in total. The predicted molar refractivity (Wildman–Crippen MR) is 96.6 cm³/mol. The third kappa shape index (κ3) is 6.02. The van der Waals surface area contributed by atoms with Crippen molar-refractivity contribution in [1.29, 1.82) is 0 Å². The zero-order valence-corrected chi connectivity index (χ0v) is 15.6. The van der Waals surface area contributed by atoms with Crippen molar-refractivity contribution in [1.82, 2.24) is 5.32 Å². The molecule has 146 valence electrons. The second-order valence-electron chi connectivity index (χ2n) is 5.77. The van der Waals surface area contributed by atoms with E-state index in [1.54, 1.807) is 13.0 Å². The molecular formula is C19H23NO7. The number of rotatable bonds is 7. The van der Waals surface area contributed by atoms with Crippen molar-refractivity contribution in [3.8, 4) is 11.5 Å². The fraction of sp³-hybridized carbons (Fsp3) is 0.421. The zero-order chi connectivity index (χ0) is 19.8. The minimum Gasteiger partial charge on any atom is -0.493 e. The minimum absolute atomic E-state index is 0.0941. The van der Waals surface area contributed by atoms with Gasteiger partial charge in [0.1, 0.15) is 17.6 Å². The van der Waals surface area contributed by atoms with Crippen molar-refractivity contribution >= 4 is 24.0 Å². The van der Waals surface area contributed by atoms with Crippen molar-refractivity contribution in [2.45, 2.75) is 33.3 Å². The van der Waals surface area contributed by atoms with Gasteiger partial charge < -0.3 is 18.9 Å². The van der Waals surface area contributed by atoms with Gasteiger partial charge in [0.2, 0.25) is 0 Å². The molecule has 1 heterocycles. The highest BCUT2D eigenvalue weighted by Crippen LogP contribution is 2.35. The number of amides is 2. The molecular weight excluding hydrogens is 354 g/mol. The van der Waals surface area contributed by atoms with Crippen molar-refractivity contribution < 1.29 is 33.3 Å². The van der Waals surface area contributed by atoms with E-state index in [1.807, 2.05) is 25.2 Å². The summed E-state index contributed by atoms with van der Waals surface area (Å²) in [6.45, 7) is 5.48. The smallest absolute Gasteiger partial charge is 0.413 e. The van der Waals surface area contributed by atoms with Crippen LogP contribution in [0.2, 0.25) is 0 Å². The van der Waals surface area contributed by atoms with E-state index in [1.165, 1.54) is 12.2 Å². The highest BCUT2D eigenvalue weighted by atomic mass is 16.6.